The molecule has 1 aromatic carbocycles. The molecule has 3 N–H and O–H groups in total. The third kappa shape index (κ3) is 8.16. The largest absolute Gasteiger partial charge is 0.491 e. The molecule has 1 heterocycles. The molecule has 8 nitrogen and oxygen atoms in total. The Labute approximate surface area is 158 Å². The Hall–Kier alpha value is -2.49. The molecule has 146 valence electrons. The van der Waals surface area contributed by atoms with Crippen molar-refractivity contribution in [1.82, 2.24) is 0 Å². The third-order valence-electron chi connectivity index (χ3n) is 3.65. The summed E-state index contributed by atoms with van der Waals surface area (Å²) in [6, 6.07) is 10.3. The monoisotopic (exact) mass is 395 g/mol. The number of aliphatic hydroxyl groups excluding tert-OH is 1. The molecule has 0 fully saturated rings. The summed E-state index contributed by atoms with van der Waals surface area (Å²) in [6.07, 6.45) is 2.93. The summed E-state index contributed by atoms with van der Waals surface area (Å²) in [5.41, 5.74) is 1.44. The Kier molecular flexibility index (Phi) is 7.28. The summed E-state index contributed by atoms with van der Waals surface area (Å²) in [4.78, 5) is 11.0. The van der Waals surface area contributed by atoms with Crippen molar-refractivity contribution in [2.45, 2.75) is 26.0 Å². The molecule has 1 amide bonds. The normalized spacial score (nSPS) is 12.4. The van der Waals surface area contributed by atoms with Crippen LogP contribution in [0, 0.1) is 0 Å². The van der Waals surface area contributed by atoms with Gasteiger partial charge in [-0.15, -0.1) is 0 Å². The van der Waals surface area contributed by atoms with E-state index in [0.717, 1.165) is 5.56 Å². The molecule has 1 atom stereocenters. The highest BCUT2D eigenvalue weighted by atomic mass is 32.2. The number of aliphatic hydroxyl groups is 1. The number of hydrogen-bond acceptors (Lipinski definition) is 5. The van der Waals surface area contributed by atoms with Gasteiger partial charge in [-0.05, 0) is 36.2 Å². The second kappa shape index (κ2) is 9.45. The van der Waals surface area contributed by atoms with Gasteiger partial charge in [-0.1, -0.05) is 0 Å². The lowest BCUT2D eigenvalue weighted by Gasteiger charge is -2.11. The van der Waals surface area contributed by atoms with Gasteiger partial charge in [-0.2, -0.15) is 8.42 Å². The van der Waals surface area contributed by atoms with Crippen molar-refractivity contribution in [2.75, 3.05) is 17.7 Å². The lowest BCUT2D eigenvalue weighted by atomic mass is 10.2. The number of carbonyl (C=O) groups excluding carboxylic acids is 1. The maximum absolute atomic E-state index is 11.0. The molecule has 0 saturated heterocycles. The number of carbonyl (C=O) groups is 1. The van der Waals surface area contributed by atoms with Gasteiger partial charge in [0.1, 0.15) is 18.5 Å². The van der Waals surface area contributed by atoms with Crippen molar-refractivity contribution in [3.8, 4) is 5.75 Å². The minimum atomic E-state index is -3.98. The number of nitrogens with one attached hydrogen (secondary N) is 1. The first-order valence-electron chi connectivity index (χ1n) is 8.33. The quantitative estimate of drug-likeness (QED) is 0.427. The van der Waals surface area contributed by atoms with Crippen molar-refractivity contribution in [2.24, 2.45) is 0 Å². The van der Waals surface area contributed by atoms with Crippen LogP contribution >= 0.6 is 0 Å². The van der Waals surface area contributed by atoms with Gasteiger partial charge < -0.3 is 15.2 Å². The van der Waals surface area contributed by atoms with Gasteiger partial charge in [0, 0.05) is 24.7 Å². The number of ether oxygens (including phenoxy) is 1. The van der Waals surface area contributed by atoms with Crippen LogP contribution in [0.4, 0.5) is 5.69 Å². The van der Waals surface area contributed by atoms with Gasteiger partial charge in [0.25, 0.3) is 10.1 Å². The molecule has 9 heteroatoms. The number of hydrogen-bond donors (Lipinski definition) is 3. The molecular formula is C18H23N2O6S+. The molecule has 27 heavy (non-hydrogen) atoms. The third-order valence-corrected chi connectivity index (χ3v) is 4.37. The van der Waals surface area contributed by atoms with E-state index in [4.69, 9.17) is 9.29 Å². The van der Waals surface area contributed by atoms with E-state index < -0.39 is 16.2 Å². The maximum Gasteiger partial charge on any atom is 0.265 e. The fourth-order valence-electron chi connectivity index (χ4n) is 2.35. The maximum atomic E-state index is 11.0. The first-order valence-corrected chi connectivity index (χ1v) is 9.94. The van der Waals surface area contributed by atoms with Crippen LogP contribution in [0.15, 0.2) is 48.8 Å². The fourth-order valence-corrected chi connectivity index (χ4v) is 2.84. The minimum absolute atomic E-state index is 0.0942. The number of aryl methyl sites for hydroxylation is 1. The summed E-state index contributed by atoms with van der Waals surface area (Å²) in [6.45, 7) is 1.83. The molecule has 0 aliphatic rings. The number of nitrogens with zero attached hydrogens (tertiary/aromatic N) is 1. The highest BCUT2D eigenvalue weighted by molar-refractivity contribution is 7.85. The Morgan fingerprint density at radius 1 is 1.19 bits per heavy atom. The molecule has 0 spiro atoms. The lowest BCUT2D eigenvalue weighted by molar-refractivity contribution is -0.703. The zero-order chi connectivity index (χ0) is 19.9. The summed E-state index contributed by atoms with van der Waals surface area (Å²) >= 11 is 0. The van der Waals surface area contributed by atoms with E-state index in [9.17, 15) is 18.3 Å². The van der Waals surface area contributed by atoms with Gasteiger partial charge in [-0.3, -0.25) is 9.35 Å². The van der Waals surface area contributed by atoms with Crippen LogP contribution in [0.3, 0.4) is 0 Å². The highest BCUT2D eigenvalue weighted by Crippen LogP contribution is 2.15. The highest BCUT2D eigenvalue weighted by Gasteiger charge is 2.13. The Balaban J connectivity index is 1.79. The van der Waals surface area contributed by atoms with Gasteiger partial charge in [0.05, 0.1) is 5.75 Å². The van der Waals surface area contributed by atoms with E-state index in [-0.39, 0.29) is 24.7 Å². The molecular weight excluding hydrogens is 372 g/mol. The van der Waals surface area contributed by atoms with E-state index in [1.165, 1.54) is 6.92 Å². The smallest absolute Gasteiger partial charge is 0.265 e. The topological polar surface area (TPSA) is 117 Å². The summed E-state index contributed by atoms with van der Waals surface area (Å²) in [5, 5.41) is 12.8. The standard InChI is InChI=1S/C18H22N2O6S/c1-14(21)19-16-2-4-18(5-3-16)26-13-17(22)12-20-9-6-15(7-10-20)8-11-27(23,24)25/h2-7,9-10,17,22H,8,11-13H2,1H3,(H-,19,21,23,24,25)/p+1. The predicted molar refractivity (Wildman–Crippen MR) is 99.0 cm³/mol. The van der Waals surface area contributed by atoms with Crippen molar-refractivity contribution >= 4 is 21.7 Å². The second-order valence-corrected chi connectivity index (χ2v) is 7.68. The van der Waals surface area contributed by atoms with Gasteiger partial charge >= 0.3 is 0 Å². The second-order valence-electron chi connectivity index (χ2n) is 6.11. The van der Waals surface area contributed by atoms with Crippen molar-refractivity contribution < 1.29 is 32.2 Å². The van der Waals surface area contributed by atoms with Crippen LogP contribution < -0.4 is 14.6 Å². The van der Waals surface area contributed by atoms with Crippen molar-refractivity contribution in [3.63, 3.8) is 0 Å². The number of aromatic nitrogens is 1. The number of pyridine rings is 1. The SMILES string of the molecule is CC(=O)Nc1ccc(OCC(O)C[n+]2ccc(CCS(=O)(=O)O)cc2)cc1. The van der Waals surface area contributed by atoms with E-state index in [1.54, 1.807) is 53.4 Å². The fraction of sp³-hybridized carbons (Fsp3) is 0.333. The van der Waals surface area contributed by atoms with Crippen LogP contribution in [-0.4, -0.2) is 42.4 Å². The lowest BCUT2D eigenvalue weighted by Crippen LogP contribution is -2.41. The Morgan fingerprint density at radius 2 is 1.81 bits per heavy atom. The average Bonchev–Trinajstić information content (AvgIpc) is 2.59. The molecule has 0 aliphatic heterocycles. The molecule has 1 unspecified atom stereocenters. The number of amides is 1. The van der Waals surface area contributed by atoms with E-state index in [0.29, 0.717) is 18.0 Å². The Morgan fingerprint density at radius 3 is 2.37 bits per heavy atom. The van der Waals surface area contributed by atoms with Crippen LogP contribution in [0.25, 0.3) is 0 Å². The number of benzene rings is 1. The predicted octanol–water partition coefficient (Wildman–Crippen LogP) is 0.803. The zero-order valence-electron chi connectivity index (χ0n) is 14.9. The van der Waals surface area contributed by atoms with Crippen LogP contribution in [-0.2, 0) is 27.9 Å². The average molecular weight is 395 g/mol. The minimum Gasteiger partial charge on any atom is -0.491 e. The summed E-state index contributed by atoms with van der Waals surface area (Å²) < 4.78 is 37.6. The van der Waals surface area contributed by atoms with Crippen LogP contribution in [0.1, 0.15) is 12.5 Å². The molecule has 1 aromatic heterocycles. The van der Waals surface area contributed by atoms with Crippen LogP contribution in [0.5, 0.6) is 5.75 Å². The molecule has 0 saturated carbocycles. The van der Waals surface area contributed by atoms with E-state index >= 15 is 0 Å². The number of anilines is 1. The van der Waals surface area contributed by atoms with E-state index in [2.05, 4.69) is 5.32 Å². The van der Waals surface area contributed by atoms with Crippen molar-refractivity contribution in [3.05, 3.63) is 54.4 Å². The van der Waals surface area contributed by atoms with Crippen molar-refractivity contribution in [1.29, 1.82) is 0 Å². The van der Waals surface area contributed by atoms with Gasteiger partial charge in [0.15, 0.2) is 18.9 Å². The zero-order valence-corrected chi connectivity index (χ0v) is 15.7. The molecule has 2 aromatic rings. The van der Waals surface area contributed by atoms with E-state index in [1.807, 2.05) is 0 Å². The number of rotatable bonds is 9. The van der Waals surface area contributed by atoms with Gasteiger partial charge in [-0.25, -0.2) is 4.57 Å². The summed E-state index contributed by atoms with van der Waals surface area (Å²) in [5.74, 6) is 0.0997. The first kappa shape index (κ1) is 20.8. The first-order chi connectivity index (χ1) is 12.7. The molecule has 2 rings (SSSR count). The molecule has 0 radical (unpaired) electrons. The molecule has 0 aliphatic carbocycles. The summed E-state index contributed by atoms with van der Waals surface area (Å²) in [7, 11) is -3.98. The van der Waals surface area contributed by atoms with Gasteiger partial charge in [0.2, 0.25) is 5.91 Å². The molecule has 0 bridgehead atoms. The van der Waals surface area contributed by atoms with Crippen LogP contribution in [0.2, 0.25) is 0 Å². The Bertz CT molecular complexity index is 850.